The molecular formula is C14H17Cl2NO3. The Bertz CT molecular complexity index is 493. The van der Waals surface area contributed by atoms with Gasteiger partial charge in [-0.1, -0.05) is 37.0 Å². The SMILES string of the molecule is CCC(CC)(CNC(=O)c1cc(Cl)cc(Cl)c1)C(=O)O. The highest BCUT2D eigenvalue weighted by molar-refractivity contribution is 6.35. The lowest BCUT2D eigenvalue weighted by molar-refractivity contribution is -0.149. The minimum atomic E-state index is -0.946. The maximum Gasteiger partial charge on any atom is 0.311 e. The fourth-order valence-corrected chi connectivity index (χ4v) is 2.44. The number of rotatable bonds is 6. The molecule has 0 aliphatic carbocycles. The summed E-state index contributed by atoms with van der Waals surface area (Å²) in [6, 6.07) is 4.51. The molecule has 0 unspecified atom stereocenters. The molecule has 4 nitrogen and oxygen atoms in total. The Morgan fingerprint density at radius 1 is 1.15 bits per heavy atom. The van der Waals surface area contributed by atoms with Crippen LogP contribution in [0.15, 0.2) is 18.2 Å². The fourth-order valence-electron chi connectivity index (χ4n) is 1.91. The molecule has 6 heteroatoms. The first-order valence-electron chi connectivity index (χ1n) is 6.32. The van der Waals surface area contributed by atoms with Gasteiger partial charge in [-0.3, -0.25) is 9.59 Å². The first-order chi connectivity index (χ1) is 9.34. The fraction of sp³-hybridized carbons (Fsp3) is 0.429. The molecule has 0 bridgehead atoms. The van der Waals surface area contributed by atoms with Gasteiger partial charge in [0.25, 0.3) is 5.91 Å². The van der Waals surface area contributed by atoms with Gasteiger partial charge in [0.2, 0.25) is 0 Å². The van der Waals surface area contributed by atoms with E-state index in [4.69, 9.17) is 23.2 Å². The zero-order chi connectivity index (χ0) is 15.3. The second-order valence-corrected chi connectivity index (χ2v) is 5.51. The predicted molar refractivity (Wildman–Crippen MR) is 79.4 cm³/mol. The van der Waals surface area contributed by atoms with Crippen LogP contribution in [0, 0.1) is 5.41 Å². The van der Waals surface area contributed by atoms with Gasteiger partial charge in [-0.05, 0) is 31.0 Å². The van der Waals surface area contributed by atoms with E-state index in [9.17, 15) is 14.7 Å². The molecule has 1 aromatic carbocycles. The normalized spacial score (nSPS) is 11.2. The van der Waals surface area contributed by atoms with Gasteiger partial charge in [0, 0.05) is 22.2 Å². The molecule has 0 spiro atoms. The largest absolute Gasteiger partial charge is 0.481 e. The van der Waals surface area contributed by atoms with E-state index in [-0.39, 0.29) is 12.5 Å². The smallest absolute Gasteiger partial charge is 0.311 e. The third-order valence-corrected chi connectivity index (χ3v) is 3.96. The number of carbonyl (C=O) groups is 2. The Morgan fingerprint density at radius 2 is 1.65 bits per heavy atom. The summed E-state index contributed by atoms with van der Waals surface area (Å²) in [5, 5.41) is 12.7. The molecular weight excluding hydrogens is 301 g/mol. The predicted octanol–water partition coefficient (Wildman–Crippen LogP) is 3.61. The summed E-state index contributed by atoms with van der Waals surface area (Å²) in [6.07, 6.45) is 0.880. The third-order valence-electron chi connectivity index (χ3n) is 3.52. The maximum atomic E-state index is 12.0. The Kier molecular flexibility index (Phi) is 5.84. The molecule has 0 radical (unpaired) electrons. The van der Waals surface area contributed by atoms with Gasteiger partial charge in [-0.2, -0.15) is 0 Å². The van der Waals surface area contributed by atoms with Gasteiger partial charge in [0.05, 0.1) is 5.41 Å². The third kappa shape index (κ3) is 3.87. The van der Waals surface area contributed by atoms with Crippen molar-refractivity contribution in [3.63, 3.8) is 0 Å². The van der Waals surface area contributed by atoms with Gasteiger partial charge in [-0.15, -0.1) is 0 Å². The highest BCUT2D eigenvalue weighted by Gasteiger charge is 2.35. The quantitative estimate of drug-likeness (QED) is 0.842. The minimum absolute atomic E-state index is 0.0678. The van der Waals surface area contributed by atoms with Crippen molar-refractivity contribution in [2.45, 2.75) is 26.7 Å². The number of carboxylic acids is 1. The molecule has 0 saturated heterocycles. The molecule has 1 aromatic rings. The van der Waals surface area contributed by atoms with E-state index in [1.54, 1.807) is 13.8 Å². The van der Waals surface area contributed by atoms with E-state index in [0.717, 1.165) is 0 Å². The first-order valence-corrected chi connectivity index (χ1v) is 7.08. The van der Waals surface area contributed by atoms with Gasteiger partial charge >= 0.3 is 5.97 Å². The van der Waals surface area contributed by atoms with Crippen molar-refractivity contribution in [1.82, 2.24) is 5.32 Å². The molecule has 0 saturated carbocycles. The van der Waals surface area contributed by atoms with Crippen LogP contribution in [0.4, 0.5) is 0 Å². The van der Waals surface area contributed by atoms with Crippen LogP contribution in [-0.4, -0.2) is 23.5 Å². The Hall–Kier alpha value is -1.26. The highest BCUT2D eigenvalue weighted by Crippen LogP contribution is 2.26. The van der Waals surface area contributed by atoms with Crippen molar-refractivity contribution >= 4 is 35.1 Å². The van der Waals surface area contributed by atoms with Crippen LogP contribution >= 0.6 is 23.2 Å². The summed E-state index contributed by atoms with van der Waals surface area (Å²) in [5.74, 6) is -1.30. The maximum absolute atomic E-state index is 12.0. The molecule has 0 fully saturated rings. The van der Waals surface area contributed by atoms with Crippen LogP contribution in [0.25, 0.3) is 0 Å². The topological polar surface area (TPSA) is 66.4 Å². The van der Waals surface area contributed by atoms with Gasteiger partial charge < -0.3 is 10.4 Å². The van der Waals surface area contributed by atoms with Crippen molar-refractivity contribution in [1.29, 1.82) is 0 Å². The number of hydrogen-bond acceptors (Lipinski definition) is 2. The summed E-state index contributed by atoms with van der Waals surface area (Å²) in [6.45, 7) is 3.65. The van der Waals surface area contributed by atoms with Gasteiger partial charge in [0.1, 0.15) is 0 Å². The summed E-state index contributed by atoms with van der Waals surface area (Å²) >= 11 is 11.7. The number of carboxylic acid groups (broad SMARTS) is 1. The lowest BCUT2D eigenvalue weighted by Gasteiger charge is -2.26. The summed E-state index contributed by atoms with van der Waals surface area (Å²) < 4.78 is 0. The van der Waals surface area contributed by atoms with Gasteiger partial charge in [-0.25, -0.2) is 0 Å². The summed E-state index contributed by atoms with van der Waals surface area (Å²) in [7, 11) is 0. The molecule has 0 aliphatic heterocycles. The van der Waals surface area contributed by atoms with Crippen molar-refractivity contribution in [3.8, 4) is 0 Å². The molecule has 0 aromatic heterocycles. The average molecular weight is 318 g/mol. The van der Waals surface area contributed by atoms with Crippen LogP contribution < -0.4 is 5.32 Å². The standard InChI is InChI=1S/C14H17Cl2NO3/c1-3-14(4-2,13(19)20)8-17-12(18)9-5-10(15)7-11(16)6-9/h5-7H,3-4,8H2,1-2H3,(H,17,18)(H,19,20). The van der Waals surface area contributed by atoms with Crippen molar-refractivity contribution < 1.29 is 14.7 Å². The van der Waals surface area contributed by atoms with Crippen LogP contribution in [-0.2, 0) is 4.79 Å². The lowest BCUT2D eigenvalue weighted by atomic mass is 9.82. The monoisotopic (exact) mass is 317 g/mol. The Labute approximate surface area is 128 Å². The van der Waals surface area contributed by atoms with Crippen LogP contribution in [0.2, 0.25) is 10.0 Å². The van der Waals surface area contributed by atoms with Crippen LogP contribution in [0.5, 0.6) is 0 Å². The number of hydrogen-bond donors (Lipinski definition) is 2. The molecule has 20 heavy (non-hydrogen) atoms. The Morgan fingerprint density at radius 3 is 2.05 bits per heavy atom. The van der Waals surface area contributed by atoms with E-state index in [1.807, 2.05) is 0 Å². The molecule has 110 valence electrons. The van der Waals surface area contributed by atoms with E-state index in [2.05, 4.69) is 5.32 Å². The van der Waals surface area contributed by atoms with E-state index >= 15 is 0 Å². The van der Waals surface area contributed by atoms with Crippen LogP contribution in [0.3, 0.4) is 0 Å². The molecule has 2 N–H and O–H groups in total. The van der Waals surface area contributed by atoms with Crippen LogP contribution in [0.1, 0.15) is 37.0 Å². The summed E-state index contributed by atoms with van der Waals surface area (Å²) in [5.41, 5.74) is -0.633. The summed E-state index contributed by atoms with van der Waals surface area (Å²) in [4.78, 5) is 23.4. The van der Waals surface area contributed by atoms with E-state index < -0.39 is 11.4 Å². The number of nitrogens with one attached hydrogen (secondary N) is 1. The number of aliphatic carboxylic acids is 1. The van der Waals surface area contributed by atoms with E-state index in [0.29, 0.717) is 28.5 Å². The second kappa shape index (κ2) is 6.95. The number of carbonyl (C=O) groups excluding carboxylic acids is 1. The average Bonchev–Trinajstić information content (AvgIpc) is 2.38. The molecule has 0 aliphatic rings. The second-order valence-electron chi connectivity index (χ2n) is 4.63. The molecule has 0 heterocycles. The molecule has 1 amide bonds. The zero-order valence-electron chi connectivity index (χ0n) is 11.4. The number of amides is 1. The first kappa shape index (κ1) is 16.8. The highest BCUT2D eigenvalue weighted by atomic mass is 35.5. The number of halogens is 2. The molecule has 0 atom stereocenters. The van der Waals surface area contributed by atoms with Crippen molar-refractivity contribution in [2.75, 3.05) is 6.54 Å². The number of benzene rings is 1. The van der Waals surface area contributed by atoms with E-state index in [1.165, 1.54) is 18.2 Å². The van der Waals surface area contributed by atoms with Crippen molar-refractivity contribution in [2.24, 2.45) is 5.41 Å². The van der Waals surface area contributed by atoms with Crippen molar-refractivity contribution in [3.05, 3.63) is 33.8 Å². The minimum Gasteiger partial charge on any atom is -0.481 e. The lowest BCUT2D eigenvalue weighted by Crippen LogP contribution is -2.42. The zero-order valence-corrected chi connectivity index (χ0v) is 12.9. The Balaban J connectivity index is 2.83. The van der Waals surface area contributed by atoms with Gasteiger partial charge in [0.15, 0.2) is 0 Å². The molecule has 1 rings (SSSR count).